The molecule has 1 N–H and O–H groups in total. The topological polar surface area (TPSA) is 51.9 Å². The lowest BCUT2D eigenvalue weighted by atomic mass is 10.2. The van der Waals surface area contributed by atoms with Gasteiger partial charge in [-0.1, -0.05) is 17.7 Å². The van der Waals surface area contributed by atoms with Gasteiger partial charge in [-0.05, 0) is 37.4 Å². The quantitative estimate of drug-likeness (QED) is 0.771. The highest BCUT2D eigenvalue weighted by Gasteiger charge is 2.11. The first-order valence-corrected chi connectivity index (χ1v) is 8.33. The molecule has 3 rings (SSSR count). The first kappa shape index (κ1) is 16.6. The van der Waals surface area contributed by atoms with Crippen LogP contribution in [0, 0.1) is 13.8 Å². The average molecular weight is 345 g/mol. The molecule has 0 aliphatic rings. The number of carbonyl (C=O) groups is 1. The minimum atomic E-state index is 0.0292. The molecule has 0 unspecified atom stereocenters. The Morgan fingerprint density at radius 1 is 1.29 bits per heavy atom. The number of aromatic nitrogens is 3. The molecule has 0 saturated heterocycles. The number of nitrogens with one attached hydrogen (secondary N) is 1. The summed E-state index contributed by atoms with van der Waals surface area (Å²) >= 11 is 6.06. The molecule has 126 valence electrons. The molecular formula is C18H21ClN4O. The first-order valence-electron chi connectivity index (χ1n) is 7.96. The third-order valence-corrected chi connectivity index (χ3v) is 4.67. The lowest BCUT2D eigenvalue weighted by Gasteiger charge is -2.08. The zero-order valence-electron chi connectivity index (χ0n) is 14.1. The maximum Gasteiger partial charge on any atom is 0.222 e. The van der Waals surface area contributed by atoms with Gasteiger partial charge in [0.2, 0.25) is 5.91 Å². The third-order valence-electron chi connectivity index (χ3n) is 4.44. The molecule has 5 nitrogen and oxygen atoms in total. The molecule has 0 bridgehead atoms. The molecule has 0 atom stereocenters. The molecule has 24 heavy (non-hydrogen) atoms. The molecule has 0 saturated carbocycles. The number of nitrogens with zero attached hydrogens (tertiary/aromatic N) is 3. The van der Waals surface area contributed by atoms with Crippen LogP contribution < -0.4 is 5.32 Å². The van der Waals surface area contributed by atoms with Crippen LogP contribution in [0.2, 0.25) is 5.02 Å². The monoisotopic (exact) mass is 344 g/mol. The lowest BCUT2D eigenvalue weighted by Crippen LogP contribution is -2.24. The molecule has 2 aromatic heterocycles. The Morgan fingerprint density at radius 3 is 2.79 bits per heavy atom. The van der Waals surface area contributed by atoms with E-state index >= 15 is 0 Å². The van der Waals surface area contributed by atoms with Gasteiger partial charge >= 0.3 is 0 Å². The van der Waals surface area contributed by atoms with Crippen molar-refractivity contribution in [3.63, 3.8) is 0 Å². The van der Waals surface area contributed by atoms with Crippen LogP contribution in [0.1, 0.15) is 23.4 Å². The standard InChI is InChI=1S/C18H21ClN4O/c1-12-16(13(2)22(3)21-12)11-20-18(24)7-9-23-8-6-14-4-5-15(19)10-17(14)23/h4-6,8,10H,7,9,11H2,1-3H3,(H,20,24). The van der Waals surface area contributed by atoms with E-state index in [9.17, 15) is 4.79 Å². The molecular weight excluding hydrogens is 324 g/mol. The number of hydrogen-bond acceptors (Lipinski definition) is 2. The highest BCUT2D eigenvalue weighted by molar-refractivity contribution is 6.31. The van der Waals surface area contributed by atoms with Crippen molar-refractivity contribution < 1.29 is 4.79 Å². The summed E-state index contributed by atoms with van der Waals surface area (Å²) in [5.74, 6) is 0.0292. The van der Waals surface area contributed by atoms with Crippen LogP contribution in [0.3, 0.4) is 0 Å². The molecule has 1 aromatic carbocycles. The fourth-order valence-electron chi connectivity index (χ4n) is 2.92. The smallest absolute Gasteiger partial charge is 0.222 e. The van der Waals surface area contributed by atoms with Gasteiger partial charge in [0.15, 0.2) is 0 Å². The van der Waals surface area contributed by atoms with E-state index in [1.54, 1.807) is 0 Å². The van der Waals surface area contributed by atoms with E-state index in [2.05, 4.69) is 15.0 Å². The predicted molar refractivity (Wildman–Crippen MR) is 96.1 cm³/mol. The van der Waals surface area contributed by atoms with Gasteiger partial charge in [-0.2, -0.15) is 5.10 Å². The zero-order valence-corrected chi connectivity index (χ0v) is 14.9. The Morgan fingerprint density at radius 2 is 2.08 bits per heavy atom. The molecule has 2 heterocycles. The van der Waals surface area contributed by atoms with E-state index in [0.717, 1.165) is 27.9 Å². The summed E-state index contributed by atoms with van der Waals surface area (Å²) < 4.78 is 3.90. The number of aryl methyl sites for hydroxylation is 3. The summed E-state index contributed by atoms with van der Waals surface area (Å²) in [6.45, 7) is 5.12. The Balaban J connectivity index is 1.60. The van der Waals surface area contributed by atoms with Gasteiger partial charge in [0.25, 0.3) is 0 Å². The second-order valence-corrected chi connectivity index (χ2v) is 6.45. The lowest BCUT2D eigenvalue weighted by molar-refractivity contribution is -0.121. The van der Waals surface area contributed by atoms with Gasteiger partial charge in [0.05, 0.1) is 5.69 Å². The molecule has 3 aromatic rings. The van der Waals surface area contributed by atoms with Crippen molar-refractivity contribution in [1.82, 2.24) is 19.7 Å². The number of amides is 1. The van der Waals surface area contributed by atoms with Gasteiger partial charge in [-0.3, -0.25) is 9.48 Å². The number of halogens is 1. The van der Waals surface area contributed by atoms with E-state index in [4.69, 9.17) is 11.6 Å². The average Bonchev–Trinajstić information content (AvgIpc) is 3.04. The second kappa shape index (κ2) is 6.69. The number of hydrogen-bond donors (Lipinski definition) is 1. The molecule has 0 spiro atoms. The van der Waals surface area contributed by atoms with Crippen LogP contribution in [0.25, 0.3) is 10.9 Å². The summed E-state index contributed by atoms with van der Waals surface area (Å²) in [5.41, 5.74) is 4.18. The van der Waals surface area contributed by atoms with E-state index in [1.165, 1.54) is 0 Å². The summed E-state index contributed by atoms with van der Waals surface area (Å²) in [5, 5.41) is 9.18. The van der Waals surface area contributed by atoms with Crippen molar-refractivity contribution in [2.45, 2.75) is 33.4 Å². The molecule has 1 amide bonds. The van der Waals surface area contributed by atoms with E-state index in [0.29, 0.717) is 24.5 Å². The van der Waals surface area contributed by atoms with Crippen molar-refractivity contribution >= 4 is 28.4 Å². The normalized spacial score (nSPS) is 11.2. The molecule has 0 fully saturated rings. The minimum absolute atomic E-state index is 0.0292. The number of fused-ring (bicyclic) bond motifs is 1. The van der Waals surface area contributed by atoms with Crippen molar-refractivity contribution in [2.75, 3.05) is 0 Å². The van der Waals surface area contributed by atoms with Crippen molar-refractivity contribution in [1.29, 1.82) is 0 Å². The fraction of sp³-hybridized carbons (Fsp3) is 0.333. The fourth-order valence-corrected chi connectivity index (χ4v) is 3.09. The molecule has 6 heteroatoms. The second-order valence-electron chi connectivity index (χ2n) is 6.01. The van der Waals surface area contributed by atoms with E-state index < -0.39 is 0 Å². The predicted octanol–water partition coefficient (Wildman–Crippen LogP) is 3.35. The van der Waals surface area contributed by atoms with E-state index in [1.807, 2.05) is 56.0 Å². The van der Waals surface area contributed by atoms with Crippen LogP contribution in [0.4, 0.5) is 0 Å². The Hall–Kier alpha value is -2.27. The van der Waals surface area contributed by atoms with E-state index in [-0.39, 0.29) is 5.91 Å². The van der Waals surface area contributed by atoms with Gasteiger partial charge in [0.1, 0.15) is 0 Å². The maximum absolute atomic E-state index is 12.2. The molecule has 0 aliphatic heterocycles. The van der Waals surface area contributed by atoms with Crippen LogP contribution in [-0.2, 0) is 24.9 Å². The summed E-state index contributed by atoms with van der Waals surface area (Å²) in [7, 11) is 1.91. The Bertz CT molecular complexity index is 894. The number of rotatable bonds is 5. The maximum atomic E-state index is 12.2. The Kier molecular flexibility index (Phi) is 4.62. The van der Waals surface area contributed by atoms with Gasteiger partial charge < -0.3 is 9.88 Å². The van der Waals surface area contributed by atoms with Crippen molar-refractivity contribution in [3.05, 3.63) is 52.4 Å². The minimum Gasteiger partial charge on any atom is -0.352 e. The molecule has 0 radical (unpaired) electrons. The van der Waals surface area contributed by atoms with Crippen LogP contribution in [-0.4, -0.2) is 20.3 Å². The summed E-state index contributed by atoms with van der Waals surface area (Å²) in [4.78, 5) is 12.2. The largest absolute Gasteiger partial charge is 0.352 e. The zero-order chi connectivity index (χ0) is 17.3. The third kappa shape index (κ3) is 3.31. The number of carbonyl (C=O) groups excluding carboxylic acids is 1. The van der Waals surface area contributed by atoms with Gasteiger partial charge in [0, 0.05) is 54.6 Å². The van der Waals surface area contributed by atoms with Gasteiger partial charge in [-0.15, -0.1) is 0 Å². The number of benzene rings is 1. The van der Waals surface area contributed by atoms with Crippen molar-refractivity contribution in [2.24, 2.45) is 7.05 Å². The highest BCUT2D eigenvalue weighted by atomic mass is 35.5. The first-order chi connectivity index (χ1) is 11.5. The SMILES string of the molecule is Cc1nn(C)c(C)c1CNC(=O)CCn1ccc2ccc(Cl)cc21. The highest BCUT2D eigenvalue weighted by Crippen LogP contribution is 2.20. The summed E-state index contributed by atoms with van der Waals surface area (Å²) in [6.07, 6.45) is 2.42. The molecule has 0 aliphatic carbocycles. The van der Waals surface area contributed by atoms with Gasteiger partial charge in [-0.25, -0.2) is 0 Å². The van der Waals surface area contributed by atoms with Crippen LogP contribution in [0.5, 0.6) is 0 Å². The van der Waals surface area contributed by atoms with Crippen LogP contribution >= 0.6 is 11.6 Å². The van der Waals surface area contributed by atoms with Crippen molar-refractivity contribution in [3.8, 4) is 0 Å². The summed E-state index contributed by atoms with van der Waals surface area (Å²) in [6, 6.07) is 7.82. The van der Waals surface area contributed by atoms with Crippen LogP contribution in [0.15, 0.2) is 30.5 Å². The Labute approximate surface area is 146 Å².